The fraction of sp³-hybridized carbons (Fsp3) is 0.600. The zero-order chi connectivity index (χ0) is 11.6. The van der Waals surface area contributed by atoms with Crippen molar-refractivity contribution in [2.24, 2.45) is 0 Å². The van der Waals surface area contributed by atoms with Gasteiger partial charge in [0.05, 0.1) is 0 Å². The van der Waals surface area contributed by atoms with Gasteiger partial charge in [-0.15, -0.1) is 0 Å². The molecule has 1 atom stereocenters. The summed E-state index contributed by atoms with van der Waals surface area (Å²) < 4.78 is 0. The molecule has 0 radical (unpaired) electrons. The molecule has 1 nitrogen and oxygen atoms in total. The van der Waals surface area contributed by atoms with Crippen LogP contribution >= 0.6 is 0 Å². The van der Waals surface area contributed by atoms with Crippen molar-refractivity contribution in [3.05, 3.63) is 35.4 Å². The van der Waals surface area contributed by atoms with E-state index in [0.29, 0.717) is 5.54 Å². The second kappa shape index (κ2) is 4.58. The van der Waals surface area contributed by atoms with Crippen molar-refractivity contribution in [1.29, 1.82) is 0 Å². The van der Waals surface area contributed by atoms with E-state index in [1.54, 1.807) is 0 Å². The highest BCUT2D eigenvalue weighted by Gasteiger charge is 2.33. The van der Waals surface area contributed by atoms with E-state index < -0.39 is 0 Å². The van der Waals surface area contributed by atoms with E-state index in [9.17, 15) is 0 Å². The van der Waals surface area contributed by atoms with E-state index in [2.05, 4.69) is 49.9 Å². The smallest absolute Gasteiger partial charge is 0.0245 e. The molecule has 0 aliphatic carbocycles. The Morgan fingerprint density at radius 3 is 2.12 bits per heavy atom. The van der Waals surface area contributed by atoms with Crippen LogP contribution in [0.5, 0.6) is 0 Å². The Morgan fingerprint density at radius 1 is 1.12 bits per heavy atom. The standard InChI is InChI=1S/C15H23N/c1-4-10-15(3,5-2)16-11-13-8-6-7-9-14(13)12-16/h6-9H,4-5,10-12H2,1-3H3. The largest absolute Gasteiger partial charge is 0.289 e. The predicted octanol–water partition coefficient (Wildman–Crippen LogP) is 3.97. The summed E-state index contributed by atoms with van der Waals surface area (Å²) in [6, 6.07) is 8.87. The van der Waals surface area contributed by atoms with Gasteiger partial charge in [0.1, 0.15) is 0 Å². The van der Waals surface area contributed by atoms with Gasteiger partial charge in [0, 0.05) is 18.6 Å². The number of hydrogen-bond donors (Lipinski definition) is 0. The van der Waals surface area contributed by atoms with Crippen molar-refractivity contribution < 1.29 is 0 Å². The summed E-state index contributed by atoms with van der Waals surface area (Å²) in [5.74, 6) is 0. The first-order valence-corrected chi connectivity index (χ1v) is 6.51. The lowest BCUT2D eigenvalue weighted by molar-refractivity contribution is 0.0866. The molecule has 1 aromatic rings. The number of benzene rings is 1. The Labute approximate surface area is 99.5 Å². The van der Waals surface area contributed by atoms with E-state index in [4.69, 9.17) is 0 Å². The molecule has 2 rings (SSSR count). The molecule has 0 N–H and O–H groups in total. The maximum absolute atomic E-state index is 2.65. The van der Waals surface area contributed by atoms with Crippen molar-refractivity contribution in [2.45, 2.75) is 58.7 Å². The molecule has 0 saturated carbocycles. The summed E-state index contributed by atoms with van der Waals surface area (Å²) in [5, 5.41) is 0. The Kier molecular flexibility index (Phi) is 3.34. The lowest BCUT2D eigenvalue weighted by Crippen LogP contribution is -2.42. The van der Waals surface area contributed by atoms with Gasteiger partial charge in [-0.25, -0.2) is 0 Å². The molecule has 0 aromatic heterocycles. The molecule has 88 valence electrons. The predicted molar refractivity (Wildman–Crippen MR) is 69.3 cm³/mol. The Morgan fingerprint density at radius 2 is 1.69 bits per heavy atom. The first kappa shape index (κ1) is 11.7. The first-order valence-electron chi connectivity index (χ1n) is 6.51. The van der Waals surface area contributed by atoms with Gasteiger partial charge in [-0.3, -0.25) is 4.90 Å². The zero-order valence-electron chi connectivity index (χ0n) is 10.8. The highest BCUT2D eigenvalue weighted by molar-refractivity contribution is 5.30. The topological polar surface area (TPSA) is 3.24 Å². The molecule has 1 heterocycles. The van der Waals surface area contributed by atoms with Crippen LogP contribution in [0.4, 0.5) is 0 Å². The average Bonchev–Trinajstić information content (AvgIpc) is 2.73. The average molecular weight is 217 g/mol. The van der Waals surface area contributed by atoms with E-state index >= 15 is 0 Å². The Hall–Kier alpha value is -0.820. The molecular formula is C15H23N. The number of nitrogens with zero attached hydrogens (tertiary/aromatic N) is 1. The minimum atomic E-state index is 0.383. The second-order valence-corrected chi connectivity index (χ2v) is 5.23. The van der Waals surface area contributed by atoms with Crippen molar-refractivity contribution in [1.82, 2.24) is 4.90 Å². The summed E-state index contributed by atoms with van der Waals surface area (Å²) in [5.41, 5.74) is 3.44. The molecular weight excluding hydrogens is 194 g/mol. The summed E-state index contributed by atoms with van der Waals surface area (Å²) in [6.45, 7) is 9.30. The van der Waals surface area contributed by atoms with Crippen LogP contribution in [-0.2, 0) is 13.1 Å². The summed E-state index contributed by atoms with van der Waals surface area (Å²) in [6.07, 6.45) is 3.82. The van der Waals surface area contributed by atoms with Crippen LogP contribution in [0.2, 0.25) is 0 Å². The number of fused-ring (bicyclic) bond motifs is 1. The minimum Gasteiger partial charge on any atom is -0.289 e. The van der Waals surface area contributed by atoms with Crippen molar-refractivity contribution in [3.8, 4) is 0 Å². The van der Waals surface area contributed by atoms with Gasteiger partial charge >= 0.3 is 0 Å². The van der Waals surface area contributed by atoms with Crippen molar-refractivity contribution in [2.75, 3.05) is 0 Å². The van der Waals surface area contributed by atoms with Crippen LogP contribution in [0, 0.1) is 0 Å². The van der Waals surface area contributed by atoms with Crippen LogP contribution in [0.3, 0.4) is 0 Å². The SMILES string of the molecule is CCCC(C)(CC)N1Cc2ccccc2C1. The molecule has 1 aliphatic heterocycles. The normalized spacial score (nSPS) is 19.4. The molecule has 1 aliphatic rings. The van der Waals surface area contributed by atoms with Gasteiger partial charge in [-0.1, -0.05) is 44.5 Å². The first-order chi connectivity index (χ1) is 7.69. The zero-order valence-corrected chi connectivity index (χ0v) is 10.8. The maximum Gasteiger partial charge on any atom is 0.0245 e. The summed E-state index contributed by atoms with van der Waals surface area (Å²) in [7, 11) is 0. The molecule has 0 spiro atoms. The molecule has 16 heavy (non-hydrogen) atoms. The van der Waals surface area contributed by atoms with E-state index in [1.807, 2.05) is 0 Å². The van der Waals surface area contributed by atoms with E-state index in [0.717, 1.165) is 13.1 Å². The van der Waals surface area contributed by atoms with Crippen LogP contribution in [0.25, 0.3) is 0 Å². The molecule has 0 saturated heterocycles. The van der Waals surface area contributed by atoms with Crippen LogP contribution < -0.4 is 0 Å². The Bertz CT molecular complexity index is 333. The molecule has 1 unspecified atom stereocenters. The van der Waals surface area contributed by atoms with Gasteiger partial charge in [0.25, 0.3) is 0 Å². The number of rotatable bonds is 4. The third-order valence-corrected chi connectivity index (χ3v) is 4.15. The summed E-state index contributed by atoms with van der Waals surface area (Å²) >= 11 is 0. The number of hydrogen-bond acceptors (Lipinski definition) is 1. The maximum atomic E-state index is 2.65. The minimum absolute atomic E-state index is 0.383. The van der Waals surface area contributed by atoms with Gasteiger partial charge in [-0.2, -0.15) is 0 Å². The van der Waals surface area contributed by atoms with Gasteiger partial charge in [0.2, 0.25) is 0 Å². The van der Waals surface area contributed by atoms with Gasteiger partial charge in [-0.05, 0) is 30.9 Å². The molecule has 1 aromatic carbocycles. The van der Waals surface area contributed by atoms with Gasteiger partial charge in [0.15, 0.2) is 0 Å². The highest BCUT2D eigenvalue weighted by atomic mass is 15.2. The third kappa shape index (κ3) is 2.01. The van der Waals surface area contributed by atoms with Crippen LogP contribution in [-0.4, -0.2) is 10.4 Å². The monoisotopic (exact) mass is 217 g/mol. The molecule has 0 bridgehead atoms. The fourth-order valence-electron chi connectivity index (χ4n) is 2.81. The summed E-state index contributed by atoms with van der Waals surface area (Å²) in [4.78, 5) is 2.65. The Balaban J connectivity index is 2.15. The van der Waals surface area contributed by atoms with Crippen molar-refractivity contribution in [3.63, 3.8) is 0 Å². The second-order valence-electron chi connectivity index (χ2n) is 5.23. The molecule has 0 amide bonds. The highest BCUT2D eigenvalue weighted by Crippen LogP contribution is 2.33. The van der Waals surface area contributed by atoms with Crippen LogP contribution in [0.15, 0.2) is 24.3 Å². The lowest BCUT2D eigenvalue weighted by atomic mass is 9.91. The fourth-order valence-corrected chi connectivity index (χ4v) is 2.81. The van der Waals surface area contributed by atoms with Crippen LogP contribution in [0.1, 0.15) is 51.2 Å². The van der Waals surface area contributed by atoms with E-state index in [-0.39, 0.29) is 0 Å². The molecule has 1 heteroatoms. The van der Waals surface area contributed by atoms with Gasteiger partial charge < -0.3 is 0 Å². The lowest BCUT2D eigenvalue weighted by Gasteiger charge is -2.38. The van der Waals surface area contributed by atoms with E-state index in [1.165, 1.54) is 30.4 Å². The van der Waals surface area contributed by atoms with Crippen molar-refractivity contribution >= 4 is 0 Å². The third-order valence-electron chi connectivity index (χ3n) is 4.15. The molecule has 0 fully saturated rings. The quantitative estimate of drug-likeness (QED) is 0.737.